The van der Waals surface area contributed by atoms with Gasteiger partial charge in [0.25, 0.3) is 0 Å². The zero-order chi connectivity index (χ0) is 67.5. The largest absolute Gasteiger partial charge is 0.394 e. The molecule has 3 aliphatic heterocycles. The SMILES string of the molecule is CC/C=C\C/C=C\C/C=C\C/C=C\C/C=C\C/C=C\C/C=C\CCCCCC(=O)NC(COC1OC(CO)C(OC2OC(CO)C(OC3OC(CO)C(O)C(O)C3O)C(O)C2O)C(O)C1O)C(O)/C=C/CC/C=C/CC/C=C/CCCCCCCCCCCCCCC. The highest BCUT2D eigenvalue weighted by Crippen LogP contribution is 2.33. The summed E-state index contributed by atoms with van der Waals surface area (Å²) in [5.74, 6) is -0.326. The maximum absolute atomic E-state index is 13.4. The Bertz CT molecular complexity index is 2160. The number of carbonyl (C=O) groups is 1. The van der Waals surface area contributed by atoms with Crippen molar-refractivity contribution in [3.05, 3.63) is 122 Å². The fourth-order valence-electron chi connectivity index (χ4n) is 11.0. The first kappa shape index (κ1) is 83.4. The second-order valence-corrected chi connectivity index (χ2v) is 24.6. The molecule has 93 heavy (non-hydrogen) atoms. The number of amides is 1. The standard InChI is InChI=1S/C74H123NO18/c1-3-5-7-9-11-13-15-17-19-21-23-25-27-28-30-32-34-36-38-40-42-44-46-48-50-52-62(80)75-57(58(79)51-49-47-45-43-41-39-37-35-33-31-29-26-24-22-20-18-16-14-12-10-8-6-4-2)56-88-72-68(86)65(83)70(60(54-77)90-72)93-74-69(87)66(84)71(61(55-78)91-74)92-73-67(85)64(82)63(81)59(53-76)89-73/h5,7,11,13,17,19,23,25,28,30,33-36,40-43,49,51,57-61,63-74,76-79,81-87H,3-4,6,8-10,12,14-16,18,20-22,24,26-27,29,31-32,37-39,44-48,50,52-56H2,1-2H3,(H,75,80)/b7-5-,13-11-,19-17-,25-23-,30-28-,35-33+,36-34-,42-40-,43-41+,51-49+. The van der Waals surface area contributed by atoms with E-state index in [2.05, 4.69) is 129 Å². The van der Waals surface area contributed by atoms with Crippen LogP contribution >= 0.6 is 0 Å². The molecule has 12 N–H and O–H groups in total. The number of nitrogens with one attached hydrogen (secondary N) is 1. The number of rotatable bonds is 52. The molecule has 532 valence electrons. The van der Waals surface area contributed by atoms with Gasteiger partial charge in [0.05, 0.1) is 38.6 Å². The molecule has 0 aromatic heterocycles. The van der Waals surface area contributed by atoms with Gasteiger partial charge in [0.2, 0.25) is 5.91 Å². The molecule has 3 rings (SSSR count). The van der Waals surface area contributed by atoms with E-state index in [9.17, 15) is 61.0 Å². The highest BCUT2D eigenvalue weighted by molar-refractivity contribution is 5.76. The van der Waals surface area contributed by atoms with Gasteiger partial charge in [0, 0.05) is 6.42 Å². The highest BCUT2D eigenvalue weighted by Gasteiger charge is 2.53. The number of unbranched alkanes of at least 4 members (excludes halogenated alkanes) is 18. The maximum atomic E-state index is 13.4. The van der Waals surface area contributed by atoms with Crippen molar-refractivity contribution in [2.24, 2.45) is 0 Å². The molecule has 0 saturated carbocycles. The number of allylic oxidation sites excluding steroid dienone is 19. The minimum atomic E-state index is -1.99. The summed E-state index contributed by atoms with van der Waals surface area (Å²) in [6, 6.07) is -1.02. The quantitative estimate of drug-likeness (QED) is 0.0199. The second kappa shape index (κ2) is 54.2. The summed E-state index contributed by atoms with van der Waals surface area (Å²) in [4.78, 5) is 13.4. The Labute approximate surface area is 557 Å². The Morgan fingerprint density at radius 2 is 0.753 bits per heavy atom. The third-order valence-corrected chi connectivity index (χ3v) is 16.7. The molecule has 17 unspecified atom stereocenters. The van der Waals surface area contributed by atoms with Crippen LogP contribution in [-0.2, 0) is 33.2 Å². The van der Waals surface area contributed by atoms with Crippen LogP contribution in [0, 0.1) is 0 Å². The third kappa shape index (κ3) is 35.8. The Morgan fingerprint density at radius 3 is 1.20 bits per heavy atom. The van der Waals surface area contributed by atoms with Gasteiger partial charge < -0.3 is 89.9 Å². The summed E-state index contributed by atoms with van der Waals surface area (Å²) in [5, 5.41) is 121. The Kier molecular flexibility index (Phi) is 48.6. The van der Waals surface area contributed by atoms with Gasteiger partial charge in [-0.1, -0.05) is 219 Å². The summed E-state index contributed by atoms with van der Waals surface area (Å²) in [7, 11) is 0. The predicted molar refractivity (Wildman–Crippen MR) is 364 cm³/mol. The predicted octanol–water partition coefficient (Wildman–Crippen LogP) is 9.60. The molecule has 3 aliphatic rings. The van der Waals surface area contributed by atoms with Crippen LogP contribution in [0.4, 0.5) is 0 Å². The summed E-state index contributed by atoms with van der Waals surface area (Å²) in [6.45, 7) is 1.55. The number of hydrogen-bond donors (Lipinski definition) is 12. The van der Waals surface area contributed by atoms with Gasteiger partial charge in [-0.2, -0.15) is 0 Å². The lowest BCUT2D eigenvalue weighted by Crippen LogP contribution is -2.66. The lowest BCUT2D eigenvalue weighted by Gasteiger charge is -2.48. The van der Waals surface area contributed by atoms with E-state index in [1.165, 1.54) is 83.5 Å². The molecule has 0 spiro atoms. The molecule has 0 aliphatic carbocycles. The molecule has 1 amide bonds. The molecular weight excluding hydrogens is 1190 g/mol. The normalized spacial score (nSPS) is 28.3. The Balaban J connectivity index is 1.48. The van der Waals surface area contributed by atoms with Crippen molar-refractivity contribution in [3.63, 3.8) is 0 Å². The van der Waals surface area contributed by atoms with Crippen LogP contribution in [0.25, 0.3) is 0 Å². The minimum absolute atomic E-state index is 0.184. The number of ether oxygens (including phenoxy) is 6. The van der Waals surface area contributed by atoms with Gasteiger partial charge >= 0.3 is 0 Å². The van der Waals surface area contributed by atoms with Crippen LogP contribution in [0.5, 0.6) is 0 Å². The second-order valence-electron chi connectivity index (χ2n) is 24.6. The van der Waals surface area contributed by atoms with Gasteiger partial charge in [-0.25, -0.2) is 0 Å². The monoisotopic (exact) mass is 1310 g/mol. The molecule has 0 aromatic rings. The lowest BCUT2D eigenvalue weighted by molar-refractivity contribution is -0.379. The van der Waals surface area contributed by atoms with Crippen LogP contribution in [0.2, 0.25) is 0 Å². The van der Waals surface area contributed by atoms with E-state index in [0.717, 1.165) is 89.9 Å². The van der Waals surface area contributed by atoms with Crippen molar-refractivity contribution in [3.8, 4) is 0 Å². The van der Waals surface area contributed by atoms with Crippen molar-refractivity contribution in [2.75, 3.05) is 26.4 Å². The van der Waals surface area contributed by atoms with Crippen molar-refractivity contribution < 1.29 is 89.4 Å². The number of hydrogen-bond acceptors (Lipinski definition) is 18. The minimum Gasteiger partial charge on any atom is -0.394 e. The van der Waals surface area contributed by atoms with Gasteiger partial charge in [-0.15, -0.1) is 0 Å². The maximum Gasteiger partial charge on any atom is 0.220 e. The molecule has 3 fully saturated rings. The van der Waals surface area contributed by atoms with E-state index in [1.54, 1.807) is 6.08 Å². The van der Waals surface area contributed by atoms with Crippen LogP contribution in [0.15, 0.2) is 122 Å². The summed E-state index contributed by atoms with van der Waals surface area (Å²) in [5.41, 5.74) is 0. The fraction of sp³-hybridized carbons (Fsp3) is 0.716. The number of carbonyl (C=O) groups excluding carboxylic acids is 1. The average molecular weight is 1310 g/mol. The molecular formula is C74H123NO18. The third-order valence-electron chi connectivity index (χ3n) is 16.7. The van der Waals surface area contributed by atoms with E-state index >= 15 is 0 Å². The average Bonchev–Trinajstić information content (AvgIpc) is 0.819. The first-order valence-electron chi connectivity index (χ1n) is 35.3. The molecule has 0 radical (unpaired) electrons. The highest BCUT2D eigenvalue weighted by atomic mass is 16.8. The van der Waals surface area contributed by atoms with Crippen LogP contribution < -0.4 is 5.32 Å². The molecule has 0 bridgehead atoms. The molecule has 19 nitrogen and oxygen atoms in total. The van der Waals surface area contributed by atoms with Crippen molar-refractivity contribution in [1.29, 1.82) is 0 Å². The van der Waals surface area contributed by atoms with E-state index in [4.69, 9.17) is 28.4 Å². The first-order chi connectivity index (χ1) is 45.3. The van der Waals surface area contributed by atoms with Gasteiger partial charge in [-0.3, -0.25) is 4.79 Å². The topological polar surface area (TPSA) is 307 Å². The lowest BCUT2D eigenvalue weighted by atomic mass is 9.96. The van der Waals surface area contributed by atoms with E-state index < -0.39 is 131 Å². The summed E-state index contributed by atoms with van der Waals surface area (Å²) in [6.07, 6.45) is 47.4. The van der Waals surface area contributed by atoms with Crippen LogP contribution in [0.1, 0.15) is 206 Å². The molecule has 17 atom stereocenters. The van der Waals surface area contributed by atoms with Gasteiger partial charge in [-0.05, 0) is 103 Å². The fourth-order valence-corrected chi connectivity index (χ4v) is 11.0. The number of aliphatic hydroxyl groups excluding tert-OH is 11. The van der Waals surface area contributed by atoms with E-state index in [-0.39, 0.29) is 12.3 Å². The molecule has 19 heteroatoms. The van der Waals surface area contributed by atoms with Crippen molar-refractivity contribution >= 4 is 5.91 Å². The van der Waals surface area contributed by atoms with E-state index in [1.807, 2.05) is 6.08 Å². The van der Waals surface area contributed by atoms with Crippen LogP contribution in [0.3, 0.4) is 0 Å². The summed E-state index contributed by atoms with van der Waals surface area (Å²) >= 11 is 0. The van der Waals surface area contributed by atoms with Gasteiger partial charge in [0.1, 0.15) is 73.2 Å². The molecule has 0 aromatic carbocycles. The zero-order valence-corrected chi connectivity index (χ0v) is 56.2. The van der Waals surface area contributed by atoms with Crippen molar-refractivity contribution in [2.45, 2.75) is 311 Å². The van der Waals surface area contributed by atoms with Crippen LogP contribution in [-0.4, -0.2) is 193 Å². The Morgan fingerprint density at radius 1 is 0.398 bits per heavy atom. The number of aliphatic hydroxyl groups is 11. The molecule has 3 saturated heterocycles. The molecule has 3 heterocycles. The van der Waals surface area contributed by atoms with E-state index in [0.29, 0.717) is 12.8 Å². The Hall–Kier alpha value is -3.81. The van der Waals surface area contributed by atoms with Crippen molar-refractivity contribution in [1.82, 2.24) is 5.32 Å². The van der Waals surface area contributed by atoms with Gasteiger partial charge in [0.15, 0.2) is 18.9 Å². The first-order valence-corrected chi connectivity index (χ1v) is 35.3. The summed E-state index contributed by atoms with van der Waals surface area (Å²) < 4.78 is 34.3. The zero-order valence-electron chi connectivity index (χ0n) is 56.2. The smallest absolute Gasteiger partial charge is 0.220 e.